The van der Waals surface area contributed by atoms with Gasteiger partial charge >= 0.3 is 5.97 Å². The van der Waals surface area contributed by atoms with Gasteiger partial charge < -0.3 is 14.0 Å². The molecule has 0 fully saturated rings. The van der Waals surface area contributed by atoms with Crippen LogP contribution in [-0.2, 0) is 14.0 Å². The number of nitro groups is 1. The minimum absolute atomic E-state index is 0.0858. The highest BCUT2D eigenvalue weighted by atomic mass is 28.4. The van der Waals surface area contributed by atoms with Crippen molar-refractivity contribution < 1.29 is 23.7 Å². The van der Waals surface area contributed by atoms with Crippen LogP contribution in [0.3, 0.4) is 0 Å². The molecule has 3 aromatic carbocycles. The van der Waals surface area contributed by atoms with E-state index in [0.717, 1.165) is 16.7 Å². The number of esters is 1. The van der Waals surface area contributed by atoms with Crippen molar-refractivity contribution in [3.63, 3.8) is 0 Å². The minimum Gasteiger partial charge on any atom is -0.462 e. The van der Waals surface area contributed by atoms with Gasteiger partial charge in [-0.25, -0.2) is 4.79 Å². The summed E-state index contributed by atoms with van der Waals surface area (Å²) in [5.41, 5.74) is 0.170. The number of rotatable bonds is 12. The van der Waals surface area contributed by atoms with E-state index in [4.69, 9.17) is 9.16 Å². The van der Waals surface area contributed by atoms with Gasteiger partial charge in [0, 0.05) is 12.1 Å². The summed E-state index contributed by atoms with van der Waals surface area (Å²) in [7, 11) is -2.84. The molecule has 0 saturated carbocycles. The van der Waals surface area contributed by atoms with Gasteiger partial charge in [0.1, 0.15) is 12.4 Å². The van der Waals surface area contributed by atoms with Crippen LogP contribution in [0.4, 0.5) is 5.69 Å². The second kappa shape index (κ2) is 12.6. The normalized spacial score (nSPS) is 12.5. The molecule has 0 aliphatic rings. The first-order valence-corrected chi connectivity index (χ1v) is 14.3. The second-order valence-corrected chi connectivity index (χ2v) is 14.1. The molecule has 3 rings (SSSR count). The molecule has 37 heavy (non-hydrogen) atoms. The predicted octanol–water partition coefficient (Wildman–Crippen LogP) is 5.07. The van der Waals surface area contributed by atoms with E-state index in [1.165, 1.54) is 24.3 Å². The zero-order valence-electron chi connectivity index (χ0n) is 21.5. The fourth-order valence-electron chi connectivity index (χ4n) is 4.49. The van der Waals surface area contributed by atoms with Gasteiger partial charge in [0.15, 0.2) is 0 Å². The highest BCUT2D eigenvalue weighted by Crippen LogP contribution is 2.37. The van der Waals surface area contributed by atoms with Gasteiger partial charge in [-0.1, -0.05) is 81.4 Å². The number of ether oxygens (including phenoxy) is 1. The fourth-order valence-corrected chi connectivity index (χ4v) is 9.13. The number of hydrogen-bond donors (Lipinski definition) is 0. The lowest BCUT2D eigenvalue weighted by atomic mass is 10.2. The van der Waals surface area contributed by atoms with Crippen LogP contribution in [0.2, 0.25) is 5.04 Å². The summed E-state index contributed by atoms with van der Waals surface area (Å²) in [6.07, 6.45) is 1.98. The first kappa shape index (κ1) is 28.0. The Bertz CT molecular complexity index is 1140. The molecule has 0 unspecified atom stereocenters. The highest BCUT2D eigenvalue weighted by molar-refractivity contribution is 6.99. The van der Waals surface area contributed by atoms with E-state index in [0.29, 0.717) is 19.3 Å². The lowest BCUT2D eigenvalue weighted by molar-refractivity contribution is -0.384. The Kier molecular flexibility index (Phi) is 9.49. The third-order valence-electron chi connectivity index (χ3n) is 6.33. The number of aldehydes is 1. The molecule has 0 radical (unpaired) electrons. The number of nitro benzene ring substituents is 1. The number of carbonyl (C=O) groups excluding carboxylic acids is 2. The molecule has 0 aliphatic carbocycles. The van der Waals surface area contributed by atoms with Gasteiger partial charge in [-0.05, 0) is 46.8 Å². The Morgan fingerprint density at radius 2 is 1.46 bits per heavy atom. The Balaban J connectivity index is 1.66. The van der Waals surface area contributed by atoms with Crippen LogP contribution in [0.1, 0.15) is 50.4 Å². The van der Waals surface area contributed by atoms with Gasteiger partial charge in [-0.3, -0.25) is 10.1 Å². The van der Waals surface area contributed by atoms with Gasteiger partial charge in [-0.2, -0.15) is 0 Å². The van der Waals surface area contributed by atoms with Crippen molar-refractivity contribution in [3.8, 4) is 0 Å². The first-order chi connectivity index (χ1) is 17.7. The summed E-state index contributed by atoms with van der Waals surface area (Å²) in [4.78, 5) is 34.6. The fraction of sp³-hybridized carbons (Fsp3) is 0.310. The quantitative estimate of drug-likeness (QED) is 0.0828. The Morgan fingerprint density at radius 3 is 1.92 bits per heavy atom. The molecular weight excluding hydrogens is 486 g/mol. The first-order valence-electron chi connectivity index (χ1n) is 12.3. The van der Waals surface area contributed by atoms with Crippen molar-refractivity contribution in [1.29, 1.82) is 0 Å². The monoisotopic (exact) mass is 519 g/mol. The Morgan fingerprint density at radius 1 is 0.919 bits per heavy atom. The summed E-state index contributed by atoms with van der Waals surface area (Å²) in [5, 5.41) is 12.7. The molecule has 0 spiro atoms. The summed E-state index contributed by atoms with van der Waals surface area (Å²) < 4.78 is 12.2. The number of benzene rings is 3. The lowest BCUT2D eigenvalue weighted by Crippen LogP contribution is -2.67. The summed E-state index contributed by atoms with van der Waals surface area (Å²) in [6.45, 7) is 6.68. The van der Waals surface area contributed by atoms with Crippen molar-refractivity contribution >= 4 is 36.6 Å². The van der Waals surface area contributed by atoms with Crippen LogP contribution in [0.15, 0.2) is 84.9 Å². The molecule has 3 aromatic rings. The Labute approximate surface area is 218 Å². The second-order valence-electron chi connectivity index (χ2n) is 9.89. The Hall–Kier alpha value is -3.62. The molecule has 0 heterocycles. The van der Waals surface area contributed by atoms with Gasteiger partial charge in [0.2, 0.25) is 0 Å². The molecule has 0 N–H and O–H groups in total. The SMILES string of the molecule is CC(C)(C)[Si](O[C@H](C=O)CCCCOC(=O)c1ccc([N+](=O)[O-])cc1)(c1ccccc1)c1ccccc1. The van der Waals surface area contributed by atoms with Crippen molar-refractivity contribution in [2.75, 3.05) is 6.61 Å². The lowest BCUT2D eigenvalue weighted by Gasteiger charge is -2.44. The number of non-ortho nitro benzene ring substituents is 1. The number of hydrogen-bond acceptors (Lipinski definition) is 6. The third kappa shape index (κ3) is 6.78. The topological polar surface area (TPSA) is 95.7 Å². The maximum Gasteiger partial charge on any atom is 0.338 e. The van der Waals surface area contributed by atoms with E-state index in [9.17, 15) is 19.7 Å². The van der Waals surface area contributed by atoms with E-state index in [-0.39, 0.29) is 22.9 Å². The smallest absolute Gasteiger partial charge is 0.338 e. The van der Waals surface area contributed by atoms with Crippen LogP contribution >= 0.6 is 0 Å². The average molecular weight is 520 g/mol. The summed E-state index contributed by atoms with van der Waals surface area (Å²) in [5.74, 6) is -0.537. The van der Waals surface area contributed by atoms with E-state index in [1.807, 2.05) is 36.4 Å². The van der Waals surface area contributed by atoms with Crippen LogP contribution in [0.5, 0.6) is 0 Å². The van der Waals surface area contributed by atoms with Crippen molar-refractivity contribution in [3.05, 3.63) is 101 Å². The minimum atomic E-state index is -2.84. The number of nitrogens with zero attached hydrogens (tertiary/aromatic N) is 1. The average Bonchev–Trinajstić information content (AvgIpc) is 2.90. The molecule has 194 valence electrons. The number of unbranched alkanes of at least 4 members (excludes halogenated alkanes) is 1. The molecular formula is C29H33NO6Si. The third-order valence-corrected chi connectivity index (χ3v) is 11.4. The summed E-state index contributed by atoms with van der Waals surface area (Å²) in [6, 6.07) is 25.6. The van der Waals surface area contributed by atoms with Crippen molar-refractivity contribution in [1.82, 2.24) is 0 Å². The molecule has 1 atom stereocenters. The zero-order chi connectivity index (χ0) is 26.9. The standard InChI is InChI=1S/C29H33NO6Si/c1-29(2,3)37(26-13-6-4-7-14-26,27-15-8-5-9-16-27)36-25(22-31)12-10-11-21-35-28(32)23-17-19-24(20-18-23)30(33)34/h4-9,13-20,22,25H,10-12,21H2,1-3H3/t25-/m0/s1. The van der Waals surface area contributed by atoms with Gasteiger partial charge in [0.25, 0.3) is 14.0 Å². The van der Waals surface area contributed by atoms with E-state index >= 15 is 0 Å². The van der Waals surface area contributed by atoms with Gasteiger partial charge in [-0.15, -0.1) is 0 Å². The molecule has 0 amide bonds. The molecule has 8 heteroatoms. The maximum absolute atomic E-state index is 12.2. The summed E-state index contributed by atoms with van der Waals surface area (Å²) >= 11 is 0. The maximum atomic E-state index is 12.2. The molecule has 0 aromatic heterocycles. The highest BCUT2D eigenvalue weighted by Gasteiger charge is 2.51. The van der Waals surface area contributed by atoms with Crippen LogP contribution in [0.25, 0.3) is 0 Å². The van der Waals surface area contributed by atoms with Crippen LogP contribution in [0, 0.1) is 10.1 Å². The molecule has 7 nitrogen and oxygen atoms in total. The van der Waals surface area contributed by atoms with E-state index < -0.39 is 25.3 Å². The van der Waals surface area contributed by atoms with Gasteiger partial charge in [0.05, 0.1) is 17.1 Å². The largest absolute Gasteiger partial charge is 0.462 e. The number of carbonyl (C=O) groups is 2. The van der Waals surface area contributed by atoms with Crippen molar-refractivity contribution in [2.45, 2.75) is 51.2 Å². The zero-order valence-corrected chi connectivity index (χ0v) is 22.5. The van der Waals surface area contributed by atoms with E-state index in [2.05, 4.69) is 45.0 Å². The molecule has 0 aliphatic heterocycles. The molecule has 0 saturated heterocycles. The molecule has 0 bridgehead atoms. The van der Waals surface area contributed by atoms with E-state index in [1.54, 1.807) is 0 Å². The van der Waals surface area contributed by atoms with Crippen LogP contribution < -0.4 is 10.4 Å². The van der Waals surface area contributed by atoms with Crippen molar-refractivity contribution in [2.24, 2.45) is 0 Å². The predicted molar refractivity (Wildman–Crippen MR) is 146 cm³/mol. The van der Waals surface area contributed by atoms with Crippen LogP contribution in [-0.4, -0.2) is 38.2 Å².